The molecule has 0 fully saturated rings. The second-order valence-electron chi connectivity index (χ2n) is 29.4. The van der Waals surface area contributed by atoms with Crippen LogP contribution in [0.2, 0.25) is 0 Å². The Kier molecular flexibility index (Phi) is 14.5. The van der Waals surface area contributed by atoms with Gasteiger partial charge in [0.2, 0.25) is 0 Å². The zero-order chi connectivity index (χ0) is 65.1. The van der Waals surface area contributed by atoms with Crippen LogP contribution in [-0.4, -0.2) is 6.71 Å². The third-order valence-electron chi connectivity index (χ3n) is 21.3. The highest BCUT2D eigenvalue weighted by Crippen LogP contribution is 2.52. The second-order valence-corrected chi connectivity index (χ2v) is 29.4. The minimum absolute atomic E-state index is 0.151. The molecule has 0 bridgehead atoms. The molecular weight excluding hydrogens is 1140 g/mol. The van der Waals surface area contributed by atoms with Gasteiger partial charge in [-0.2, -0.15) is 0 Å². The van der Waals surface area contributed by atoms with Crippen LogP contribution in [0.3, 0.4) is 0 Å². The number of hydrogen-bond donors (Lipinski definition) is 0. The molecule has 0 saturated heterocycles. The summed E-state index contributed by atoms with van der Waals surface area (Å²) in [5.41, 5.74) is 26.5. The molecule has 94 heavy (non-hydrogen) atoms. The quantitative estimate of drug-likeness (QED) is 0.107. The maximum atomic E-state index is 7.40. The third kappa shape index (κ3) is 9.88. The van der Waals surface area contributed by atoms with Gasteiger partial charge in [-0.15, -0.1) is 0 Å². The first-order valence-corrected chi connectivity index (χ1v) is 33.5. The van der Waals surface area contributed by atoms with Crippen LogP contribution in [0.1, 0.15) is 132 Å². The smallest absolute Gasteiger partial charge is 0.252 e. The lowest BCUT2D eigenvalue weighted by atomic mass is 9.33. The standard InChI is InChI=1S/C89H82BN3O/c1-59-29-25-26-41-76(59)93(79-42-28-39-72-71-38-27-40-73(85(2,3)4)83(71)94-84(72)79)70-57-80-82-81(58-70)92(69-51-45-65(46-52-69)87(7,8)61-32-19-14-20-33-61)78-54-48-67(89(11,12)63-36-23-16-24-37-63)56-75(78)90(82)74-55-66(88(9,10)62-34-21-15-22-35-62)47-53-77(74)91(80)68-49-43-64(44-50-68)86(5,6)60-30-17-13-18-31-60/h13-58H,1-12H3. The summed E-state index contributed by atoms with van der Waals surface area (Å²) in [6.45, 7) is 27.8. The summed E-state index contributed by atoms with van der Waals surface area (Å²) in [4.78, 5) is 7.66. The molecule has 0 atom stereocenters. The van der Waals surface area contributed by atoms with Gasteiger partial charge in [-0.05, 0) is 139 Å². The van der Waals surface area contributed by atoms with Crippen LogP contribution in [0, 0.1) is 6.92 Å². The summed E-state index contributed by atoms with van der Waals surface area (Å²) in [7, 11) is 0. The molecule has 0 spiro atoms. The van der Waals surface area contributed by atoms with Crippen molar-refractivity contribution in [3.63, 3.8) is 0 Å². The first kappa shape index (κ1) is 60.2. The predicted molar refractivity (Wildman–Crippen MR) is 400 cm³/mol. The van der Waals surface area contributed by atoms with Gasteiger partial charge in [0.05, 0.1) is 11.4 Å². The van der Waals surface area contributed by atoms with Crippen LogP contribution in [0.5, 0.6) is 0 Å². The molecule has 0 N–H and O–H groups in total. The van der Waals surface area contributed by atoms with Crippen LogP contribution in [0.4, 0.5) is 51.2 Å². The van der Waals surface area contributed by atoms with Gasteiger partial charge in [0.25, 0.3) is 6.71 Å². The van der Waals surface area contributed by atoms with Gasteiger partial charge in [-0.3, -0.25) is 0 Å². The van der Waals surface area contributed by atoms with Crippen molar-refractivity contribution in [2.75, 3.05) is 14.7 Å². The van der Waals surface area contributed by atoms with E-state index in [0.717, 1.165) is 78.7 Å². The van der Waals surface area contributed by atoms with Crippen molar-refractivity contribution in [2.45, 2.75) is 110 Å². The van der Waals surface area contributed by atoms with E-state index < -0.39 is 0 Å². The van der Waals surface area contributed by atoms with Crippen molar-refractivity contribution in [3.05, 3.63) is 335 Å². The maximum absolute atomic E-state index is 7.40. The lowest BCUT2D eigenvalue weighted by Crippen LogP contribution is -2.61. The number of para-hydroxylation sites is 3. The van der Waals surface area contributed by atoms with Crippen LogP contribution < -0.4 is 31.1 Å². The van der Waals surface area contributed by atoms with Gasteiger partial charge in [0, 0.05) is 77.8 Å². The molecule has 3 heterocycles. The topological polar surface area (TPSA) is 22.9 Å². The van der Waals surface area contributed by atoms with E-state index in [2.05, 4.69) is 377 Å². The SMILES string of the molecule is Cc1ccccc1N(c1cc2c3c(c1)N(c1ccc(C(C)(C)c4ccccc4)cc1)c1ccc(C(C)(C)c4ccccc4)cc1B3c1cc(C(C)(C)c3ccccc3)ccc1N2c1ccc(C(C)(C)c2ccccc2)cc1)c1cccc2c1oc1c(C(C)(C)C)cccc12. The van der Waals surface area contributed by atoms with Crippen molar-refractivity contribution in [3.8, 4) is 0 Å². The molecule has 4 nitrogen and oxygen atoms in total. The molecule has 0 aliphatic carbocycles. The van der Waals surface area contributed by atoms with Gasteiger partial charge in [0.15, 0.2) is 5.58 Å². The molecule has 2 aliphatic rings. The van der Waals surface area contributed by atoms with Crippen molar-refractivity contribution >= 4 is 96.2 Å². The zero-order valence-electron chi connectivity index (χ0n) is 56.4. The van der Waals surface area contributed by atoms with E-state index in [1.807, 2.05) is 0 Å². The molecule has 2 aliphatic heterocycles. The van der Waals surface area contributed by atoms with Crippen LogP contribution in [-0.2, 0) is 27.1 Å². The number of anilines is 9. The van der Waals surface area contributed by atoms with Crippen molar-refractivity contribution in [1.29, 1.82) is 0 Å². The Morgan fingerprint density at radius 3 is 1.11 bits per heavy atom. The molecule has 0 radical (unpaired) electrons. The largest absolute Gasteiger partial charge is 0.454 e. The number of hydrogen-bond acceptors (Lipinski definition) is 4. The van der Waals surface area contributed by atoms with E-state index in [-0.39, 0.29) is 33.8 Å². The van der Waals surface area contributed by atoms with Gasteiger partial charge < -0.3 is 19.1 Å². The minimum Gasteiger partial charge on any atom is -0.454 e. The normalized spacial score (nSPS) is 13.3. The van der Waals surface area contributed by atoms with Gasteiger partial charge in [-0.25, -0.2) is 0 Å². The Morgan fingerprint density at radius 1 is 0.319 bits per heavy atom. The lowest BCUT2D eigenvalue weighted by Gasteiger charge is -2.46. The van der Waals surface area contributed by atoms with E-state index in [1.54, 1.807) is 0 Å². The predicted octanol–water partition coefficient (Wildman–Crippen LogP) is 22.0. The Bertz CT molecular complexity index is 4780. The molecule has 0 saturated carbocycles. The Labute approximate surface area is 556 Å². The molecule has 12 aromatic carbocycles. The van der Waals surface area contributed by atoms with E-state index >= 15 is 0 Å². The summed E-state index contributed by atoms with van der Waals surface area (Å²) in [5.74, 6) is 0. The first-order valence-electron chi connectivity index (χ1n) is 33.5. The highest BCUT2D eigenvalue weighted by molar-refractivity contribution is 7.00. The zero-order valence-corrected chi connectivity index (χ0v) is 56.4. The molecule has 462 valence electrons. The Hall–Kier alpha value is -10.1. The number of rotatable bonds is 13. The average Bonchev–Trinajstić information content (AvgIpc) is 0.778. The number of benzene rings is 12. The third-order valence-corrected chi connectivity index (χ3v) is 21.3. The van der Waals surface area contributed by atoms with Gasteiger partial charge >= 0.3 is 0 Å². The molecule has 13 aromatic rings. The molecule has 0 unspecified atom stereocenters. The van der Waals surface area contributed by atoms with Gasteiger partial charge in [-0.1, -0.05) is 295 Å². The Balaban J connectivity index is 1.06. The fraction of sp³-hybridized carbons (Fsp3) is 0.191. The van der Waals surface area contributed by atoms with E-state index in [9.17, 15) is 0 Å². The molecule has 15 rings (SSSR count). The molecular formula is C89H82BN3O. The van der Waals surface area contributed by atoms with E-state index in [4.69, 9.17) is 4.42 Å². The summed E-state index contributed by atoms with van der Waals surface area (Å²) in [6.07, 6.45) is 0. The number of furan rings is 1. The van der Waals surface area contributed by atoms with E-state index in [0.29, 0.717) is 0 Å². The summed E-state index contributed by atoms with van der Waals surface area (Å²) in [6, 6.07) is 105. The van der Waals surface area contributed by atoms with Crippen LogP contribution in [0.15, 0.2) is 283 Å². The highest BCUT2D eigenvalue weighted by atomic mass is 16.3. The van der Waals surface area contributed by atoms with Crippen LogP contribution >= 0.6 is 0 Å². The van der Waals surface area contributed by atoms with Crippen molar-refractivity contribution in [1.82, 2.24) is 0 Å². The highest BCUT2D eigenvalue weighted by Gasteiger charge is 2.46. The molecule has 5 heteroatoms. The number of nitrogens with zero attached hydrogens (tertiary/aromatic N) is 3. The second kappa shape index (κ2) is 22.6. The van der Waals surface area contributed by atoms with Crippen LogP contribution in [0.25, 0.3) is 21.9 Å². The molecule has 0 amide bonds. The first-order chi connectivity index (χ1) is 45.2. The minimum atomic E-state index is -0.325. The fourth-order valence-electron chi connectivity index (χ4n) is 15.4. The van der Waals surface area contributed by atoms with Crippen molar-refractivity contribution in [2.24, 2.45) is 0 Å². The summed E-state index contributed by atoms with van der Waals surface area (Å²) < 4.78 is 7.40. The monoisotopic (exact) mass is 1220 g/mol. The lowest BCUT2D eigenvalue weighted by molar-refractivity contribution is 0.573. The maximum Gasteiger partial charge on any atom is 0.252 e. The van der Waals surface area contributed by atoms with Crippen molar-refractivity contribution < 1.29 is 4.42 Å². The fourth-order valence-corrected chi connectivity index (χ4v) is 15.4. The van der Waals surface area contributed by atoms with Gasteiger partial charge in [0.1, 0.15) is 5.58 Å². The summed E-state index contributed by atoms with van der Waals surface area (Å²) >= 11 is 0. The number of fused-ring (bicyclic) bond motifs is 7. The van der Waals surface area contributed by atoms with E-state index in [1.165, 1.54) is 66.5 Å². The molecule has 1 aromatic heterocycles. The number of aryl methyl sites for hydroxylation is 1. The average molecular weight is 1220 g/mol. The Morgan fingerprint density at radius 2 is 0.681 bits per heavy atom. The summed E-state index contributed by atoms with van der Waals surface area (Å²) in [5, 5.41) is 2.20.